The van der Waals surface area contributed by atoms with E-state index in [1.54, 1.807) is 19.2 Å². The molecule has 6 rings (SSSR count). The molecule has 0 radical (unpaired) electrons. The van der Waals surface area contributed by atoms with Crippen molar-refractivity contribution >= 4 is 28.7 Å². The van der Waals surface area contributed by atoms with Gasteiger partial charge in [0.05, 0.1) is 24.9 Å². The summed E-state index contributed by atoms with van der Waals surface area (Å²) < 4.78 is 28.7. The Balaban J connectivity index is 1.10. The fourth-order valence-electron chi connectivity index (χ4n) is 6.74. The number of likely N-dealkylation sites (tertiary alicyclic amines) is 1. The number of rotatable bonds is 6. The average molecular weight is 539 g/mol. The van der Waals surface area contributed by atoms with E-state index in [9.17, 15) is 9.18 Å². The van der Waals surface area contributed by atoms with E-state index in [0.29, 0.717) is 42.3 Å². The molecule has 3 aromatic rings. The van der Waals surface area contributed by atoms with E-state index >= 15 is 0 Å². The van der Waals surface area contributed by atoms with E-state index in [0.717, 1.165) is 43.3 Å². The van der Waals surface area contributed by atoms with Crippen LogP contribution in [0.1, 0.15) is 49.8 Å². The fourth-order valence-corrected chi connectivity index (χ4v) is 7.26. The lowest BCUT2D eigenvalue weighted by atomic mass is 9.74. The highest BCUT2D eigenvalue weighted by Gasteiger charge is 2.43. The minimum Gasteiger partial charge on any atom is -0.496 e. The van der Waals surface area contributed by atoms with Crippen molar-refractivity contribution in [1.29, 1.82) is 0 Å². The number of hydrogen-bond donors (Lipinski definition) is 3. The molecule has 1 aliphatic carbocycles. The standard InChI is InChI=1S/C28H35FN6O2S/c1-16-10-19(14-35(13-16)15-21-22(29)4-3-5-26(21)37-2)30-28(36)18-7-8-23-20(11-18)27(32-31-23)17-6-9-24-25(12-17)34-38-33-24/h3-6,9,12,16,18-20,23,27,31-32H,7-8,10-11,13-15H2,1-2H3,(H,30,36)/t16-,18?,19+,20?,23?,27?/m1/s1. The zero-order chi connectivity index (χ0) is 26.2. The number of fused-ring (bicyclic) bond motifs is 2. The molecule has 2 aromatic carbocycles. The second kappa shape index (κ2) is 10.8. The first-order valence-electron chi connectivity index (χ1n) is 13.6. The maximum Gasteiger partial charge on any atom is 0.223 e. The van der Waals surface area contributed by atoms with Gasteiger partial charge >= 0.3 is 0 Å². The summed E-state index contributed by atoms with van der Waals surface area (Å²) in [4.78, 5) is 15.7. The van der Waals surface area contributed by atoms with Gasteiger partial charge in [0.2, 0.25) is 5.91 Å². The van der Waals surface area contributed by atoms with E-state index in [1.165, 1.54) is 23.4 Å². The lowest BCUT2D eigenvalue weighted by molar-refractivity contribution is -0.127. The third-order valence-corrected chi connectivity index (χ3v) is 9.08. The third-order valence-electron chi connectivity index (χ3n) is 8.52. The summed E-state index contributed by atoms with van der Waals surface area (Å²) in [6, 6.07) is 11.8. The quantitative estimate of drug-likeness (QED) is 0.440. The molecule has 6 atom stereocenters. The van der Waals surface area contributed by atoms with Gasteiger partial charge in [0.25, 0.3) is 0 Å². The normalized spacial score (nSPS) is 29.8. The molecule has 4 unspecified atom stereocenters. The number of halogens is 1. The molecule has 3 heterocycles. The number of methoxy groups -OCH3 is 1. The molecule has 3 N–H and O–H groups in total. The van der Waals surface area contributed by atoms with Gasteiger partial charge in [0.1, 0.15) is 22.6 Å². The first-order valence-corrected chi connectivity index (χ1v) is 14.3. The van der Waals surface area contributed by atoms with Gasteiger partial charge in [0.15, 0.2) is 0 Å². The Morgan fingerprint density at radius 2 is 2.03 bits per heavy atom. The summed E-state index contributed by atoms with van der Waals surface area (Å²) in [5.41, 5.74) is 10.6. The molecule has 0 bridgehead atoms. The molecule has 3 fully saturated rings. The number of ether oxygens (including phenoxy) is 1. The van der Waals surface area contributed by atoms with Crippen LogP contribution in [0.2, 0.25) is 0 Å². The maximum atomic E-state index is 14.6. The molecule has 2 saturated heterocycles. The van der Waals surface area contributed by atoms with Crippen LogP contribution in [-0.2, 0) is 11.3 Å². The zero-order valence-electron chi connectivity index (χ0n) is 21.8. The highest BCUT2D eigenvalue weighted by Crippen LogP contribution is 2.41. The number of hydrogen-bond acceptors (Lipinski definition) is 8. The Bertz CT molecular complexity index is 1300. The first kappa shape index (κ1) is 25.6. The molecular formula is C28H35FN6O2S. The molecule has 1 amide bonds. The van der Waals surface area contributed by atoms with Crippen LogP contribution in [0, 0.1) is 23.6 Å². The molecule has 0 spiro atoms. The van der Waals surface area contributed by atoms with Crippen LogP contribution in [0.3, 0.4) is 0 Å². The van der Waals surface area contributed by atoms with Crippen molar-refractivity contribution in [1.82, 2.24) is 29.8 Å². The fraction of sp³-hybridized carbons (Fsp3) is 0.536. The molecule has 2 aliphatic heterocycles. The molecule has 202 valence electrons. The number of nitrogens with one attached hydrogen (secondary N) is 3. The van der Waals surface area contributed by atoms with Gasteiger partial charge in [-0.25, -0.2) is 9.82 Å². The number of benzene rings is 2. The topological polar surface area (TPSA) is 91.4 Å². The summed E-state index contributed by atoms with van der Waals surface area (Å²) in [6.07, 6.45) is 3.62. The first-order chi connectivity index (χ1) is 18.5. The van der Waals surface area contributed by atoms with Crippen molar-refractivity contribution in [3.8, 4) is 5.75 Å². The third kappa shape index (κ3) is 5.14. The monoisotopic (exact) mass is 538 g/mol. The predicted octanol–water partition coefficient (Wildman–Crippen LogP) is 3.80. The van der Waals surface area contributed by atoms with Crippen LogP contribution >= 0.6 is 11.7 Å². The van der Waals surface area contributed by atoms with Crippen molar-refractivity contribution < 1.29 is 13.9 Å². The lowest BCUT2D eigenvalue weighted by Gasteiger charge is -2.38. The lowest BCUT2D eigenvalue weighted by Crippen LogP contribution is -2.52. The van der Waals surface area contributed by atoms with Crippen molar-refractivity contribution in [2.75, 3.05) is 20.2 Å². The number of piperidine rings is 1. The Morgan fingerprint density at radius 1 is 1.16 bits per heavy atom. The van der Waals surface area contributed by atoms with E-state index in [-0.39, 0.29) is 29.7 Å². The number of hydrazine groups is 1. The highest BCUT2D eigenvalue weighted by atomic mass is 32.1. The van der Waals surface area contributed by atoms with Gasteiger partial charge in [-0.2, -0.15) is 8.75 Å². The molecular weight excluding hydrogens is 503 g/mol. The van der Waals surface area contributed by atoms with Crippen LogP contribution in [-0.4, -0.2) is 51.8 Å². The Kier molecular flexibility index (Phi) is 7.31. The van der Waals surface area contributed by atoms with Crippen LogP contribution in [0.15, 0.2) is 36.4 Å². The minimum atomic E-state index is -0.251. The van der Waals surface area contributed by atoms with Crippen molar-refractivity contribution in [3.63, 3.8) is 0 Å². The van der Waals surface area contributed by atoms with E-state index in [2.05, 4.69) is 48.9 Å². The Morgan fingerprint density at radius 3 is 2.89 bits per heavy atom. The smallest absolute Gasteiger partial charge is 0.223 e. The van der Waals surface area contributed by atoms with Gasteiger partial charge in [-0.3, -0.25) is 15.1 Å². The van der Waals surface area contributed by atoms with E-state index < -0.39 is 0 Å². The largest absolute Gasteiger partial charge is 0.496 e. The number of aromatic nitrogens is 2. The number of carbonyl (C=O) groups is 1. The van der Waals surface area contributed by atoms with Gasteiger partial charge < -0.3 is 10.1 Å². The highest BCUT2D eigenvalue weighted by molar-refractivity contribution is 7.00. The molecule has 1 aromatic heterocycles. The molecule has 3 aliphatic rings. The van der Waals surface area contributed by atoms with E-state index in [1.807, 2.05) is 6.07 Å². The Hall–Kier alpha value is -2.66. The van der Waals surface area contributed by atoms with Crippen molar-refractivity contribution in [3.05, 3.63) is 53.3 Å². The van der Waals surface area contributed by atoms with Gasteiger partial charge in [-0.05, 0) is 67.3 Å². The summed E-state index contributed by atoms with van der Waals surface area (Å²) >= 11 is 1.23. The molecule has 38 heavy (non-hydrogen) atoms. The summed E-state index contributed by atoms with van der Waals surface area (Å²) in [5.74, 6) is 1.19. The van der Waals surface area contributed by atoms with Gasteiger partial charge in [0, 0.05) is 43.2 Å². The van der Waals surface area contributed by atoms with Crippen molar-refractivity contribution in [2.45, 2.75) is 57.3 Å². The van der Waals surface area contributed by atoms with E-state index in [4.69, 9.17) is 4.74 Å². The zero-order valence-corrected chi connectivity index (χ0v) is 22.6. The molecule has 8 nitrogen and oxygen atoms in total. The minimum absolute atomic E-state index is 0.0116. The summed E-state index contributed by atoms with van der Waals surface area (Å²) in [7, 11) is 1.57. The SMILES string of the molecule is COc1cccc(F)c1CN1C[C@H](C)C[C@H](NC(=O)C2CCC3NNC(c4ccc5nsnc5c4)C3C2)C1. The van der Waals surface area contributed by atoms with Gasteiger partial charge in [-0.15, -0.1) is 0 Å². The average Bonchev–Trinajstić information content (AvgIpc) is 3.55. The second-order valence-corrected chi connectivity index (χ2v) is 11.7. The molecule has 10 heteroatoms. The van der Waals surface area contributed by atoms with Crippen molar-refractivity contribution in [2.24, 2.45) is 17.8 Å². The predicted molar refractivity (Wildman–Crippen MR) is 145 cm³/mol. The Labute approximate surface area is 226 Å². The number of nitrogens with zero attached hydrogens (tertiary/aromatic N) is 3. The maximum absolute atomic E-state index is 14.6. The van der Waals surface area contributed by atoms with Crippen LogP contribution < -0.4 is 20.9 Å². The second-order valence-electron chi connectivity index (χ2n) is 11.2. The molecule has 1 saturated carbocycles. The van der Waals surface area contributed by atoms with Crippen LogP contribution in [0.4, 0.5) is 4.39 Å². The van der Waals surface area contributed by atoms with Crippen LogP contribution in [0.5, 0.6) is 5.75 Å². The number of amides is 1. The van der Waals surface area contributed by atoms with Crippen LogP contribution in [0.25, 0.3) is 11.0 Å². The summed E-state index contributed by atoms with van der Waals surface area (Å²) in [6.45, 7) is 4.25. The number of carbonyl (C=O) groups excluding carboxylic acids is 1. The summed E-state index contributed by atoms with van der Waals surface area (Å²) in [5, 5.41) is 3.37. The van der Waals surface area contributed by atoms with Gasteiger partial charge in [-0.1, -0.05) is 19.1 Å².